The molecule has 0 amide bonds. The summed E-state index contributed by atoms with van der Waals surface area (Å²) < 4.78 is 5.26. The van der Waals surface area contributed by atoms with Gasteiger partial charge in [-0.3, -0.25) is 4.99 Å². The first-order valence-corrected chi connectivity index (χ1v) is 7.98. The summed E-state index contributed by atoms with van der Waals surface area (Å²) in [7, 11) is 0. The van der Waals surface area contributed by atoms with Gasteiger partial charge >= 0.3 is 0 Å². The normalized spacial score (nSPS) is 26.8. The standard InChI is InChI=1S/C13H25N3OS/c1-3-14-12(15-7-11-5-4-6-18-11)16-8-13(2)9-17-10-13/h11H,3-10H2,1-2H3,(H2,14,15,16). The van der Waals surface area contributed by atoms with Crippen molar-refractivity contribution in [3.8, 4) is 0 Å². The van der Waals surface area contributed by atoms with E-state index in [2.05, 4.69) is 41.2 Å². The maximum atomic E-state index is 5.26. The highest BCUT2D eigenvalue weighted by Gasteiger charge is 2.33. The Kier molecular flexibility index (Phi) is 5.18. The second-order valence-electron chi connectivity index (χ2n) is 5.51. The summed E-state index contributed by atoms with van der Waals surface area (Å²) in [4.78, 5) is 4.67. The Morgan fingerprint density at radius 2 is 2.28 bits per heavy atom. The van der Waals surface area contributed by atoms with Crippen molar-refractivity contribution in [1.82, 2.24) is 10.6 Å². The second kappa shape index (κ2) is 6.66. The van der Waals surface area contributed by atoms with E-state index in [0.29, 0.717) is 0 Å². The van der Waals surface area contributed by atoms with E-state index in [1.165, 1.54) is 18.6 Å². The predicted octanol–water partition coefficient (Wildman–Crippen LogP) is 1.47. The monoisotopic (exact) mass is 271 g/mol. The van der Waals surface area contributed by atoms with Gasteiger partial charge in [0.05, 0.1) is 19.8 Å². The third-order valence-corrected chi connectivity index (χ3v) is 4.78. The summed E-state index contributed by atoms with van der Waals surface area (Å²) in [5.41, 5.74) is 0.254. The minimum Gasteiger partial charge on any atom is -0.380 e. The molecule has 0 saturated carbocycles. The summed E-state index contributed by atoms with van der Waals surface area (Å²) >= 11 is 2.08. The third-order valence-electron chi connectivity index (χ3n) is 3.39. The summed E-state index contributed by atoms with van der Waals surface area (Å²) in [5.74, 6) is 2.27. The maximum absolute atomic E-state index is 5.26. The highest BCUT2D eigenvalue weighted by molar-refractivity contribution is 8.00. The van der Waals surface area contributed by atoms with Crippen molar-refractivity contribution in [3.05, 3.63) is 0 Å². The number of rotatable bonds is 5. The van der Waals surface area contributed by atoms with Crippen LogP contribution in [0.1, 0.15) is 26.7 Å². The Morgan fingerprint density at radius 1 is 1.44 bits per heavy atom. The van der Waals surface area contributed by atoms with E-state index in [-0.39, 0.29) is 5.41 Å². The molecule has 2 aliphatic heterocycles. The lowest BCUT2D eigenvalue weighted by molar-refractivity contribution is -0.0945. The van der Waals surface area contributed by atoms with Gasteiger partial charge in [-0.25, -0.2) is 0 Å². The fourth-order valence-electron chi connectivity index (χ4n) is 2.17. The molecule has 2 fully saturated rings. The molecule has 5 heteroatoms. The Morgan fingerprint density at radius 3 is 2.83 bits per heavy atom. The number of hydrogen-bond acceptors (Lipinski definition) is 3. The number of hydrogen-bond donors (Lipinski definition) is 2. The highest BCUT2D eigenvalue weighted by atomic mass is 32.2. The van der Waals surface area contributed by atoms with Crippen LogP contribution < -0.4 is 10.6 Å². The minimum absolute atomic E-state index is 0.254. The van der Waals surface area contributed by atoms with Crippen molar-refractivity contribution in [2.75, 3.05) is 38.6 Å². The van der Waals surface area contributed by atoms with Crippen LogP contribution in [-0.2, 0) is 4.74 Å². The molecule has 2 heterocycles. The molecule has 0 radical (unpaired) electrons. The van der Waals surface area contributed by atoms with Gasteiger partial charge in [0.2, 0.25) is 0 Å². The van der Waals surface area contributed by atoms with Gasteiger partial charge in [0, 0.05) is 23.8 Å². The molecule has 2 aliphatic rings. The largest absolute Gasteiger partial charge is 0.380 e. The van der Waals surface area contributed by atoms with Crippen LogP contribution in [0.3, 0.4) is 0 Å². The van der Waals surface area contributed by atoms with Gasteiger partial charge in [0.15, 0.2) is 5.96 Å². The fourth-order valence-corrected chi connectivity index (χ4v) is 3.37. The number of nitrogens with one attached hydrogen (secondary N) is 2. The van der Waals surface area contributed by atoms with Crippen molar-refractivity contribution >= 4 is 17.7 Å². The van der Waals surface area contributed by atoms with Crippen LogP contribution in [0, 0.1) is 5.41 Å². The van der Waals surface area contributed by atoms with Crippen LogP contribution in [0.4, 0.5) is 0 Å². The molecule has 0 aromatic rings. The lowest BCUT2D eigenvalue weighted by atomic mass is 9.89. The van der Waals surface area contributed by atoms with E-state index < -0.39 is 0 Å². The average Bonchev–Trinajstić information content (AvgIpc) is 2.83. The number of guanidine groups is 1. The summed E-state index contributed by atoms with van der Waals surface area (Å²) in [6, 6.07) is 0. The smallest absolute Gasteiger partial charge is 0.191 e. The lowest BCUT2D eigenvalue weighted by Gasteiger charge is -2.36. The van der Waals surface area contributed by atoms with Gasteiger partial charge < -0.3 is 15.4 Å². The average molecular weight is 271 g/mol. The minimum atomic E-state index is 0.254. The van der Waals surface area contributed by atoms with Crippen LogP contribution >= 0.6 is 11.8 Å². The van der Waals surface area contributed by atoms with Crippen molar-refractivity contribution < 1.29 is 4.74 Å². The molecular formula is C13H25N3OS. The zero-order valence-corrected chi connectivity index (χ0v) is 12.3. The van der Waals surface area contributed by atoms with Gasteiger partial charge in [-0.1, -0.05) is 6.92 Å². The molecule has 4 nitrogen and oxygen atoms in total. The summed E-state index contributed by atoms with van der Waals surface area (Å²) in [6.07, 6.45) is 2.70. The molecule has 104 valence electrons. The van der Waals surface area contributed by atoms with E-state index in [4.69, 9.17) is 4.74 Å². The first-order chi connectivity index (χ1) is 8.72. The van der Waals surface area contributed by atoms with Crippen LogP contribution in [0.5, 0.6) is 0 Å². The molecule has 1 unspecified atom stereocenters. The molecule has 0 spiro atoms. The maximum Gasteiger partial charge on any atom is 0.191 e. The summed E-state index contributed by atoms with van der Waals surface area (Å²) in [6.45, 7) is 8.82. The van der Waals surface area contributed by atoms with Crippen molar-refractivity contribution in [1.29, 1.82) is 0 Å². The molecular weight excluding hydrogens is 246 g/mol. The number of ether oxygens (including phenoxy) is 1. The van der Waals surface area contributed by atoms with Gasteiger partial charge in [-0.05, 0) is 25.5 Å². The second-order valence-corrected chi connectivity index (χ2v) is 6.92. The van der Waals surface area contributed by atoms with Gasteiger partial charge in [0.1, 0.15) is 0 Å². The quantitative estimate of drug-likeness (QED) is 0.587. The number of thioether (sulfide) groups is 1. The van der Waals surface area contributed by atoms with Crippen molar-refractivity contribution in [2.24, 2.45) is 10.4 Å². The fraction of sp³-hybridized carbons (Fsp3) is 0.923. The van der Waals surface area contributed by atoms with Crippen LogP contribution in [0.25, 0.3) is 0 Å². The van der Waals surface area contributed by atoms with E-state index in [1.54, 1.807) is 0 Å². The van der Waals surface area contributed by atoms with Crippen LogP contribution in [0.2, 0.25) is 0 Å². The first kappa shape index (κ1) is 14.0. The molecule has 0 aromatic carbocycles. The van der Waals surface area contributed by atoms with Gasteiger partial charge in [-0.2, -0.15) is 11.8 Å². The van der Waals surface area contributed by atoms with Gasteiger partial charge in [0.25, 0.3) is 0 Å². The molecule has 0 aliphatic carbocycles. The topological polar surface area (TPSA) is 45.7 Å². The molecule has 1 atom stereocenters. The SMILES string of the molecule is CCNC(=NCC1(C)COC1)NCC1CCCS1. The highest BCUT2D eigenvalue weighted by Crippen LogP contribution is 2.27. The van der Waals surface area contributed by atoms with Crippen molar-refractivity contribution in [2.45, 2.75) is 31.9 Å². The van der Waals surface area contributed by atoms with E-state index in [1.807, 2.05) is 0 Å². The van der Waals surface area contributed by atoms with Crippen molar-refractivity contribution in [3.63, 3.8) is 0 Å². The van der Waals surface area contributed by atoms with Crippen LogP contribution in [0.15, 0.2) is 4.99 Å². The predicted molar refractivity (Wildman–Crippen MR) is 78.4 cm³/mol. The number of nitrogens with zero attached hydrogens (tertiary/aromatic N) is 1. The number of aliphatic imine (C=N–C) groups is 1. The molecule has 2 N–H and O–H groups in total. The zero-order valence-electron chi connectivity index (χ0n) is 11.5. The molecule has 2 rings (SSSR count). The lowest BCUT2D eigenvalue weighted by Crippen LogP contribution is -2.45. The Bertz CT molecular complexity index is 286. The third kappa shape index (κ3) is 4.05. The van der Waals surface area contributed by atoms with E-state index in [9.17, 15) is 0 Å². The first-order valence-electron chi connectivity index (χ1n) is 6.93. The van der Waals surface area contributed by atoms with E-state index >= 15 is 0 Å². The molecule has 0 aromatic heterocycles. The molecule has 18 heavy (non-hydrogen) atoms. The van der Waals surface area contributed by atoms with Gasteiger partial charge in [-0.15, -0.1) is 0 Å². The molecule has 2 saturated heterocycles. The molecule has 0 bridgehead atoms. The Hall–Kier alpha value is -0.420. The Balaban J connectivity index is 1.76. The summed E-state index contributed by atoms with van der Waals surface area (Å²) in [5, 5.41) is 7.54. The Labute approximate surface area is 114 Å². The van der Waals surface area contributed by atoms with Crippen LogP contribution in [-0.4, -0.2) is 49.8 Å². The zero-order chi connectivity index (χ0) is 12.8. The van der Waals surface area contributed by atoms with E-state index in [0.717, 1.165) is 44.1 Å².